The molecule has 0 unspecified atom stereocenters. The van der Waals surface area contributed by atoms with E-state index in [9.17, 15) is 4.79 Å². The van der Waals surface area contributed by atoms with Crippen LogP contribution in [0.3, 0.4) is 0 Å². The monoisotopic (exact) mass is 489 g/mol. The normalized spacial score (nSPS) is 12.1. The highest BCUT2D eigenvalue weighted by Crippen LogP contribution is 2.18. The van der Waals surface area contributed by atoms with Gasteiger partial charge < -0.3 is 4.90 Å². The molecule has 0 aromatic carbocycles. The number of amides is 1. The zero-order valence-electron chi connectivity index (χ0n) is 24.6. The molecule has 0 saturated carbocycles. The van der Waals surface area contributed by atoms with Crippen LogP contribution in [0.1, 0.15) is 168 Å². The number of hydrogen-bond acceptors (Lipinski definition) is 1. The molecule has 0 N–H and O–H groups in total. The maximum Gasteiger partial charge on any atom is 0.226 e. The van der Waals surface area contributed by atoms with Gasteiger partial charge in [-0.1, -0.05) is 134 Å². The largest absolute Gasteiger partial charge is 0.349 e. The Morgan fingerprint density at radius 2 is 0.943 bits per heavy atom. The minimum absolute atomic E-state index is 0.252. The van der Waals surface area contributed by atoms with Gasteiger partial charge in [0.25, 0.3) is 0 Å². The Hall–Kier alpha value is -1.05. The number of carbonyl (C=O) groups is 1. The van der Waals surface area contributed by atoms with E-state index in [0.717, 1.165) is 12.8 Å². The molecule has 1 amide bonds. The molecule has 35 heavy (non-hydrogen) atoms. The van der Waals surface area contributed by atoms with E-state index in [4.69, 9.17) is 0 Å². The van der Waals surface area contributed by atoms with E-state index in [1.54, 1.807) is 4.90 Å². The van der Waals surface area contributed by atoms with Crippen molar-refractivity contribution in [2.45, 2.75) is 168 Å². The number of allylic oxidation sites excluding steroid dienone is 3. The lowest BCUT2D eigenvalue weighted by atomic mass is 10.00. The van der Waals surface area contributed by atoms with E-state index < -0.39 is 0 Å². The van der Waals surface area contributed by atoms with Crippen LogP contribution in [0.4, 0.5) is 0 Å². The van der Waals surface area contributed by atoms with Gasteiger partial charge in [0, 0.05) is 20.5 Å². The molecule has 0 rings (SSSR count). The fraction of sp³-hybridized carbons (Fsp3) is 0.848. The summed E-state index contributed by atoms with van der Waals surface area (Å²) in [5.74, 6) is 0.252. The molecule has 0 aliphatic rings. The number of hydrogen-bond donors (Lipinski definition) is 0. The van der Waals surface area contributed by atoms with E-state index in [1.807, 2.05) is 14.1 Å². The van der Waals surface area contributed by atoms with Crippen LogP contribution in [0.2, 0.25) is 0 Å². The molecule has 0 aliphatic carbocycles. The molecule has 0 aliphatic heterocycles. The van der Waals surface area contributed by atoms with Gasteiger partial charge in [-0.25, -0.2) is 0 Å². The van der Waals surface area contributed by atoms with Gasteiger partial charge in [-0.2, -0.15) is 0 Å². The van der Waals surface area contributed by atoms with E-state index in [2.05, 4.69) is 32.1 Å². The summed E-state index contributed by atoms with van der Waals surface area (Å²) >= 11 is 0. The minimum atomic E-state index is 0.252. The molecule has 0 atom stereocenters. The van der Waals surface area contributed by atoms with Crippen molar-refractivity contribution in [3.8, 4) is 0 Å². The first-order valence-electron chi connectivity index (χ1n) is 15.6. The van der Waals surface area contributed by atoms with Crippen LogP contribution >= 0.6 is 0 Å². The van der Waals surface area contributed by atoms with Gasteiger partial charge in [0.05, 0.1) is 0 Å². The second-order valence-electron chi connectivity index (χ2n) is 10.9. The smallest absolute Gasteiger partial charge is 0.226 e. The molecule has 206 valence electrons. The fourth-order valence-corrected chi connectivity index (χ4v) is 4.62. The third-order valence-corrected chi connectivity index (χ3v) is 7.13. The summed E-state index contributed by atoms with van der Waals surface area (Å²) in [6.45, 7) is 4.55. The van der Waals surface area contributed by atoms with Crippen molar-refractivity contribution in [2.24, 2.45) is 0 Å². The second kappa shape index (κ2) is 27.5. The van der Waals surface area contributed by atoms with Crippen LogP contribution in [0.25, 0.3) is 0 Å². The van der Waals surface area contributed by atoms with Gasteiger partial charge in [-0.3, -0.25) is 4.79 Å². The van der Waals surface area contributed by atoms with Gasteiger partial charge in [0.2, 0.25) is 5.91 Å². The molecule has 2 heteroatoms. The maximum atomic E-state index is 12.2. The van der Waals surface area contributed by atoms with Crippen LogP contribution in [0, 0.1) is 0 Å². The number of unbranched alkanes of at least 4 members (excludes halogenated alkanes) is 19. The van der Waals surface area contributed by atoms with Crippen molar-refractivity contribution in [3.63, 3.8) is 0 Å². The van der Waals surface area contributed by atoms with Gasteiger partial charge in [-0.05, 0) is 51.4 Å². The van der Waals surface area contributed by atoms with Crippen molar-refractivity contribution >= 4 is 5.91 Å². The summed E-state index contributed by atoms with van der Waals surface area (Å²) in [4.78, 5) is 14.0. The molecule has 0 bridgehead atoms. The van der Waals surface area contributed by atoms with Crippen molar-refractivity contribution in [1.82, 2.24) is 4.90 Å². The lowest BCUT2D eigenvalue weighted by molar-refractivity contribution is -0.127. The van der Waals surface area contributed by atoms with Crippen LogP contribution in [-0.4, -0.2) is 24.9 Å². The lowest BCUT2D eigenvalue weighted by Gasteiger charge is -2.13. The first kappa shape index (κ1) is 34.0. The SMILES string of the molecule is CCCCC/C=C\CCCCCCCCCCCC=C(CCCCCCCCC)CC(=O)N(C)C. The molecule has 0 radical (unpaired) electrons. The number of carbonyl (C=O) groups excluding carboxylic acids is 1. The first-order valence-corrected chi connectivity index (χ1v) is 15.6. The molecule has 0 heterocycles. The third-order valence-electron chi connectivity index (χ3n) is 7.13. The predicted molar refractivity (Wildman–Crippen MR) is 158 cm³/mol. The molecule has 0 fully saturated rings. The van der Waals surface area contributed by atoms with Crippen molar-refractivity contribution < 1.29 is 4.79 Å². The Labute approximate surface area is 221 Å². The fourth-order valence-electron chi connectivity index (χ4n) is 4.62. The zero-order chi connectivity index (χ0) is 25.8. The van der Waals surface area contributed by atoms with Gasteiger partial charge in [-0.15, -0.1) is 0 Å². The molecular weight excluding hydrogens is 426 g/mol. The minimum Gasteiger partial charge on any atom is -0.349 e. The lowest BCUT2D eigenvalue weighted by Crippen LogP contribution is -2.21. The maximum absolute atomic E-state index is 12.2. The van der Waals surface area contributed by atoms with E-state index >= 15 is 0 Å². The third kappa shape index (κ3) is 25.8. The van der Waals surface area contributed by atoms with Gasteiger partial charge in [0.15, 0.2) is 0 Å². The Kier molecular flexibility index (Phi) is 26.7. The molecule has 0 aromatic heterocycles. The topological polar surface area (TPSA) is 20.3 Å². The van der Waals surface area contributed by atoms with Crippen molar-refractivity contribution in [2.75, 3.05) is 14.1 Å². The number of rotatable bonds is 26. The van der Waals surface area contributed by atoms with Gasteiger partial charge in [0.1, 0.15) is 0 Å². The zero-order valence-corrected chi connectivity index (χ0v) is 24.6. The highest BCUT2D eigenvalue weighted by Gasteiger charge is 2.08. The molecule has 0 spiro atoms. The molecule has 0 aromatic rings. The summed E-state index contributed by atoms with van der Waals surface area (Å²) < 4.78 is 0. The first-order chi connectivity index (χ1) is 17.1. The summed E-state index contributed by atoms with van der Waals surface area (Å²) in [6.07, 6.45) is 38.4. The van der Waals surface area contributed by atoms with Crippen LogP contribution in [0.5, 0.6) is 0 Å². The van der Waals surface area contributed by atoms with E-state index in [0.29, 0.717) is 6.42 Å². The Balaban J connectivity index is 3.78. The summed E-state index contributed by atoms with van der Waals surface area (Å²) in [7, 11) is 3.75. The van der Waals surface area contributed by atoms with E-state index in [-0.39, 0.29) is 5.91 Å². The van der Waals surface area contributed by atoms with Crippen LogP contribution in [-0.2, 0) is 4.79 Å². The van der Waals surface area contributed by atoms with Crippen molar-refractivity contribution in [3.05, 3.63) is 23.8 Å². The Morgan fingerprint density at radius 3 is 1.46 bits per heavy atom. The van der Waals surface area contributed by atoms with Crippen LogP contribution < -0.4 is 0 Å². The van der Waals surface area contributed by atoms with E-state index in [1.165, 1.54) is 140 Å². The number of nitrogens with zero attached hydrogens (tertiary/aromatic N) is 1. The highest BCUT2D eigenvalue weighted by molar-refractivity contribution is 5.78. The molecule has 0 saturated heterocycles. The summed E-state index contributed by atoms with van der Waals surface area (Å²) in [5.41, 5.74) is 1.38. The average Bonchev–Trinajstić information content (AvgIpc) is 2.84. The summed E-state index contributed by atoms with van der Waals surface area (Å²) in [6, 6.07) is 0. The Bertz CT molecular complexity index is 505. The van der Waals surface area contributed by atoms with Gasteiger partial charge >= 0.3 is 0 Å². The predicted octanol–water partition coefficient (Wildman–Crippen LogP) is 11.0. The molecular formula is C33H63NO. The summed E-state index contributed by atoms with van der Waals surface area (Å²) in [5, 5.41) is 0. The van der Waals surface area contributed by atoms with Crippen molar-refractivity contribution in [1.29, 1.82) is 0 Å². The highest BCUT2D eigenvalue weighted by atomic mass is 16.2. The Morgan fingerprint density at radius 1 is 0.543 bits per heavy atom. The van der Waals surface area contributed by atoms with Crippen LogP contribution in [0.15, 0.2) is 23.8 Å². The quantitative estimate of drug-likeness (QED) is 0.0873. The average molecular weight is 490 g/mol. The second-order valence-corrected chi connectivity index (χ2v) is 10.9. The molecule has 2 nitrogen and oxygen atoms in total. The standard InChI is InChI=1S/C33H63NO/c1-5-7-9-11-13-14-15-16-17-18-19-20-21-22-24-26-28-30-32(31-33(35)34(3)4)29-27-25-23-12-10-8-6-2/h13-14,30H,5-12,15-29,31H2,1-4H3/b14-13-,32-30?.